The zero-order valence-electron chi connectivity index (χ0n) is 52.9. The first kappa shape index (κ1) is 71.4. The summed E-state index contributed by atoms with van der Waals surface area (Å²) >= 11 is 6.11. The Morgan fingerprint density at radius 1 is 0.648 bits per heavy atom. The number of halogens is 4. The molecule has 3 fully saturated rings. The molecule has 0 bridgehead atoms. The van der Waals surface area contributed by atoms with Crippen molar-refractivity contribution < 1.29 is 65.9 Å². The van der Waals surface area contributed by atoms with Crippen LogP contribution in [0.1, 0.15) is 123 Å². The molecular weight excluding hydrogens is 1170 g/mol. The van der Waals surface area contributed by atoms with Gasteiger partial charge in [-0.15, -0.1) is 0 Å². The van der Waals surface area contributed by atoms with Crippen LogP contribution in [0, 0.1) is 11.8 Å². The maximum atomic E-state index is 15.0. The molecule has 4 N–H and O–H groups in total. The van der Waals surface area contributed by atoms with Gasteiger partial charge in [-0.25, -0.2) is 0 Å². The molecule has 22 nitrogen and oxygen atoms in total. The first-order valence-corrected chi connectivity index (χ1v) is 30.5. The van der Waals surface area contributed by atoms with E-state index in [2.05, 4.69) is 21.3 Å². The summed E-state index contributed by atoms with van der Waals surface area (Å²) in [4.78, 5) is 166. The van der Waals surface area contributed by atoms with Crippen molar-refractivity contribution in [3.63, 3.8) is 0 Å². The topological polar surface area (TPSA) is 259 Å². The highest BCUT2D eigenvalue weighted by Crippen LogP contribution is 2.36. The van der Waals surface area contributed by atoms with Gasteiger partial charge in [-0.3, -0.25) is 52.7 Å². The number of benzene rings is 2. The van der Waals surface area contributed by atoms with Gasteiger partial charge in [-0.1, -0.05) is 95.0 Å². The first-order valence-electron chi connectivity index (χ1n) is 30.1. The van der Waals surface area contributed by atoms with Gasteiger partial charge in [0.25, 0.3) is 0 Å². The third-order valence-corrected chi connectivity index (χ3v) is 18.0. The number of nitrogens with one attached hydrogen (secondary N) is 4. The number of aryl methyl sites for hydroxylation is 1. The Morgan fingerprint density at radius 3 is 1.84 bits per heavy atom. The monoisotopic (exact) mass is 1260 g/mol. The predicted octanol–water partition coefficient (Wildman–Crippen LogP) is 3.80. The number of rotatable bonds is 8. The highest BCUT2D eigenvalue weighted by molar-refractivity contribution is 6.31. The largest absolute Gasteiger partial charge is 0.417 e. The van der Waals surface area contributed by atoms with Crippen molar-refractivity contribution in [2.45, 2.75) is 179 Å². The molecule has 3 aliphatic rings. The van der Waals surface area contributed by atoms with Crippen molar-refractivity contribution in [3.05, 3.63) is 70.2 Å². The second-order valence-corrected chi connectivity index (χ2v) is 24.8. The predicted molar refractivity (Wildman–Crippen MR) is 322 cm³/mol. The van der Waals surface area contributed by atoms with E-state index in [0.717, 1.165) is 31.7 Å². The molecule has 2 aliphatic heterocycles. The smallest absolute Gasteiger partial charge is 0.351 e. The Balaban J connectivity index is 1.55. The fourth-order valence-corrected chi connectivity index (χ4v) is 11.9. The summed E-state index contributed by atoms with van der Waals surface area (Å²) in [6.45, 7) is 10.5. The van der Waals surface area contributed by atoms with Gasteiger partial charge >= 0.3 is 6.18 Å². The molecule has 2 saturated heterocycles. The Hall–Kier alpha value is -7.31. The molecule has 486 valence electrons. The summed E-state index contributed by atoms with van der Waals surface area (Å²) in [5.41, 5.74) is -1.65. The molecular formula is C62H89ClF3N11O11. The fourth-order valence-electron chi connectivity index (χ4n) is 11.6. The van der Waals surface area contributed by atoms with Crippen LogP contribution in [0.25, 0.3) is 0 Å². The van der Waals surface area contributed by atoms with Crippen LogP contribution >= 0.6 is 11.6 Å². The van der Waals surface area contributed by atoms with Gasteiger partial charge in [0.05, 0.1) is 23.7 Å². The lowest BCUT2D eigenvalue weighted by molar-refractivity contribution is -0.150. The molecule has 2 heterocycles. The molecule has 0 radical (unpaired) electrons. The molecule has 11 amide bonds. The quantitative estimate of drug-likeness (QED) is 0.296. The summed E-state index contributed by atoms with van der Waals surface area (Å²) in [6, 6.07) is 2.45. The number of nitrogens with zero attached hydrogens (tertiary/aromatic N) is 7. The number of hydrogen-bond donors (Lipinski definition) is 4. The number of fused-ring (bicyclic) bond motifs is 1. The number of carbonyl (C=O) groups excluding carboxylic acids is 11. The fraction of sp³-hybridized carbons (Fsp3) is 0.629. The summed E-state index contributed by atoms with van der Waals surface area (Å²) in [5.74, 6) is -8.20. The molecule has 88 heavy (non-hydrogen) atoms. The summed E-state index contributed by atoms with van der Waals surface area (Å²) in [6.07, 6.45) is -2.98. The minimum absolute atomic E-state index is 0.0399. The third-order valence-electron chi connectivity index (χ3n) is 17.7. The van der Waals surface area contributed by atoms with Gasteiger partial charge in [-0.05, 0) is 94.4 Å². The molecule has 1 unspecified atom stereocenters. The number of amides is 11. The minimum Gasteiger partial charge on any atom is -0.351 e. The van der Waals surface area contributed by atoms with Crippen LogP contribution in [0.15, 0.2) is 48.5 Å². The highest BCUT2D eigenvalue weighted by atomic mass is 35.5. The van der Waals surface area contributed by atoms with Crippen molar-refractivity contribution in [1.82, 2.24) is 55.6 Å². The van der Waals surface area contributed by atoms with Crippen molar-refractivity contribution >= 4 is 76.6 Å². The SMILES string of the molecule is CC[C@H](C)[C@@H]1NC(=O)[C@H](C)N(C)C(=O)C[C@@H](C)NC(=O)[C@H](C(C)C)N(C)C(=O)C2(CCCC2)NC(=O)C2CCCN2C(=O)[C@H](CCc2ccc(C(F)(F)F)c(Cl)c2)NC(=O)[C@@H](C)N(C)C(=O)[C@H](Cc2ccccc2)N(C)C(=O)CN(C)C(=O)CN(C)C1=O. The van der Waals surface area contributed by atoms with Crippen LogP contribution in [0.4, 0.5) is 13.2 Å². The van der Waals surface area contributed by atoms with E-state index in [1.165, 1.54) is 76.9 Å². The van der Waals surface area contributed by atoms with Gasteiger partial charge in [-0.2, -0.15) is 13.2 Å². The minimum atomic E-state index is -4.76. The standard InChI is InChI=1S/C62H89ClF3N11O11/c1-14-37(4)51-59(87)72(9)34-49(79)71(8)35-50(80)75(12)47(33-41-21-16-15-17-22-41)58(86)74(11)40(7)53(81)68-45(27-25-42-24-26-43(44(63)32-42)62(64,65)66)57(85)77-30-20-23-46(77)55(83)70-61(28-18-19-29-61)60(88)76(13)52(36(2)3)56(84)67-38(5)31-48(78)73(10)39(6)54(82)69-51/h15-17,21-22,24,26,32,36-40,45-47,51-52H,14,18-20,23,25,27-31,33-35H2,1-13H3,(H,67,84)(H,68,81)(H,69,82)(H,70,83)/t37-,38+,39-,40+,45-,46?,47-,51-,52-/m0/s1. The van der Waals surface area contributed by atoms with E-state index in [-0.39, 0.29) is 51.5 Å². The Labute approximate surface area is 519 Å². The van der Waals surface area contributed by atoms with E-state index >= 15 is 4.79 Å². The van der Waals surface area contributed by atoms with Crippen LogP contribution in [0.3, 0.4) is 0 Å². The molecule has 2 aromatic carbocycles. The number of hydrogen-bond acceptors (Lipinski definition) is 11. The zero-order valence-corrected chi connectivity index (χ0v) is 53.7. The van der Waals surface area contributed by atoms with E-state index in [9.17, 15) is 61.1 Å². The molecule has 1 aliphatic carbocycles. The lowest BCUT2D eigenvalue weighted by atomic mass is 9.92. The Bertz CT molecular complexity index is 2890. The maximum absolute atomic E-state index is 15.0. The molecule has 5 rings (SSSR count). The number of alkyl halides is 3. The van der Waals surface area contributed by atoms with Gasteiger partial charge < -0.3 is 55.6 Å². The van der Waals surface area contributed by atoms with Gasteiger partial charge in [0, 0.05) is 67.7 Å². The zero-order chi connectivity index (χ0) is 65.9. The highest BCUT2D eigenvalue weighted by Gasteiger charge is 2.50. The molecule has 2 aromatic rings. The Morgan fingerprint density at radius 2 is 1.25 bits per heavy atom. The Kier molecular flexibility index (Phi) is 25.0. The number of carbonyl (C=O) groups is 11. The van der Waals surface area contributed by atoms with Crippen LogP contribution in [0.5, 0.6) is 0 Å². The van der Waals surface area contributed by atoms with Crippen LogP contribution in [-0.4, -0.2) is 215 Å². The summed E-state index contributed by atoms with van der Waals surface area (Å²) < 4.78 is 41.3. The van der Waals surface area contributed by atoms with Crippen molar-refractivity contribution in [1.29, 1.82) is 0 Å². The van der Waals surface area contributed by atoms with Crippen LogP contribution in [0.2, 0.25) is 5.02 Å². The third kappa shape index (κ3) is 17.5. The lowest BCUT2D eigenvalue weighted by Crippen LogP contribution is -2.64. The second kappa shape index (κ2) is 30.7. The summed E-state index contributed by atoms with van der Waals surface area (Å²) in [7, 11) is 8.29. The van der Waals surface area contributed by atoms with Crippen molar-refractivity contribution in [2.75, 3.05) is 61.9 Å². The molecule has 0 aromatic heterocycles. The van der Waals surface area contributed by atoms with E-state index in [0.29, 0.717) is 36.8 Å². The average Bonchev–Trinajstić information content (AvgIpc) is 3.81. The average molecular weight is 1260 g/mol. The normalized spacial score (nSPS) is 26.1. The van der Waals surface area contributed by atoms with Crippen molar-refractivity contribution in [2.24, 2.45) is 11.8 Å². The molecule has 26 heteroatoms. The molecule has 1 spiro atoms. The van der Waals surface area contributed by atoms with Crippen LogP contribution in [-0.2, 0) is 71.8 Å². The van der Waals surface area contributed by atoms with Crippen LogP contribution < -0.4 is 21.3 Å². The maximum Gasteiger partial charge on any atom is 0.417 e. The van der Waals surface area contributed by atoms with Gasteiger partial charge in [0.1, 0.15) is 47.8 Å². The van der Waals surface area contributed by atoms with E-state index in [4.69, 9.17) is 11.6 Å². The lowest BCUT2D eigenvalue weighted by Gasteiger charge is -2.39. The molecule has 1 saturated carbocycles. The molecule has 9 atom stereocenters. The van der Waals surface area contributed by atoms with E-state index in [1.807, 2.05) is 6.92 Å². The summed E-state index contributed by atoms with van der Waals surface area (Å²) in [5, 5.41) is 10.8. The van der Waals surface area contributed by atoms with E-state index < -0.39 is 161 Å². The second-order valence-electron chi connectivity index (χ2n) is 24.4. The first-order chi connectivity index (χ1) is 41.1. The van der Waals surface area contributed by atoms with E-state index in [1.54, 1.807) is 58.0 Å². The van der Waals surface area contributed by atoms with Crippen molar-refractivity contribution in [3.8, 4) is 0 Å². The van der Waals surface area contributed by atoms with Gasteiger partial charge in [0.2, 0.25) is 65.0 Å². The van der Waals surface area contributed by atoms with Gasteiger partial charge in [0.15, 0.2) is 0 Å². The number of likely N-dealkylation sites (N-methyl/N-ethyl adjacent to an activating group) is 6.